The number of hydrogen-bond acceptors (Lipinski definition) is 5. The monoisotopic (exact) mass is 377 g/mol. The van der Waals surface area contributed by atoms with E-state index in [4.69, 9.17) is 0 Å². The predicted molar refractivity (Wildman–Crippen MR) is 98.8 cm³/mol. The zero-order valence-corrected chi connectivity index (χ0v) is 15.3. The van der Waals surface area contributed by atoms with Gasteiger partial charge >= 0.3 is 4.87 Å². The van der Waals surface area contributed by atoms with Crippen LogP contribution in [0.1, 0.15) is 17.0 Å². The molecule has 0 aliphatic rings. The molecule has 0 aliphatic carbocycles. The number of nitrogens with zero attached hydrogens (tertiary/aromatic N) is 2. The minimum atomic E-state index is -0.302. The van der Waals surface area contributed by atoms with Gasteiger partial charge in [-0.15, -0.1) is 11.3 Å². The van der Waals surface area contributed by atoms with E-state index in [1.165, 1.54) is 23.5 Å². The van der Waals surface area contributed by atoms with Crippen LogP contribution in [0.3, 0.4) is 0 Å². The lowest BCUT2D eigenvalue weighted by Crippen LogP contribution is -2.20. The summed E-state index contributed by atoms with van der Waals surface area (Å²) in [5.74, 6) is -0.499. The smallest absolute Gasteiger partial charge is 0.303 e. The maximum atomic E-state index is 13.0. The van der Waals surface area contributed by atoms with Crippen molar-refractivity contribution < 1.29 is 9.18 Å². The molecule has 0 fully saturated rings. The first kappa shape index (κ1) is 17.5. The number of hydrogen-bond donors (Lipinski definition) is 1. The second-order valence-corrected chi connectivity index (χ2v) is 7.55. The number of carbonyl (C=O) groups is 1. The standard InChI is InChI=1S/C17H16FN3O2S2/c1-10-9-24-17(23)21(10)8-7-14(22)19-16-20-15(11(2)25-16)12-3-5-13(18)6-4-12/h3-6,9H,7-8H2,1-2H3,(H,19,20,22). The topological polar surface area (TPSA) is 64.0 Å². The Morgan fingerprint density at radius 1 is 1.28 bits per heavy atom. The van der Waals surface area contributed by atoms with Gasteiger partial charge in [-0.1, -0.05) is 11.3 Å². The highest BCUT2D eigenvalue weighted by Crippen LogP contribution is 2.30. The van der Waals surface area contributed by atoms with E-state index in [0.29, 0.717) is 11.7 Å². The third-order valence-electron chi connectivity index (χ3n) is 3.70. The second-order valence-electron chi connectivity index (χ2n) is 5.52. The van der Waals surface area contributed by atoms with Crippen LogP contribution < -0.4 is 10.2 Å². The molecule has 0 bridgehead atoms. The number of anilines is 1. The highest BCUT2D eigenvalue weighted by molar-refractivity contribution is 7.16. The van der Waals surface area contributed by atoms with Crippen molar-refractivity contribution in [3.05, 3.63) is 55.7 Å². The lowest BCUT2D eigenvalue weighted by molar-refractivity contribution is -0.116. The van der Waals surface area contributed by atoms with Crippen molar-refractivity contribution in [1.29, 1.82) is 0 Å². The third-order valence-corrected chi connectivity index (χ3v) is 5.47. The van der Waals surface area contributed by atoms with Gasteiger partial charge in [0.25, 0.3) is 0 Å². The Balaban J connectivity index is 1.67. The van der Waals surface area contributed by atoms with Gasteiger partial charge in [0.05, 0.1) is 5.69 Å². The molecular weight excluding hydrogens is 361 g/mol. The largest absolute Gasteiger partial charge is 0.307 e. The number of halogens is 1. The lowest BCUT2D eigenvalue weighted by atomic mass is 10.1. The summed E-state index contributed by atoms with van der Waals surface area (Å²) in [6, 6.07) is 6.09. The van der Waals surface area contributed by atoms with E-state index in [1.807, 2.05) is 13.8 Å². The van der Waals surface area contributed by atoms with Crippen molar-refractivity contribution in [3.8, 4) is 11.3 Å². The molecule has 3 aromatic rings. The molecule has 1 aromatic carbocycles. The fourth-order valence-electron chi connectivity index (χ4n) is 2.40. The molecule has 130 valence electrons. The van der Waals surface area contributed by atoms with E-state index in [2.05, 4.69) is 10.3 Å². The minimum absolute atomic E-state index is 0.0611. The molecule has 0 radical (unpaired) electrons. The molecular formula is C17H16FN3O2S2. The fourth-order valence-corrected chi connectivity index (χ4v) is 4.01. The molecule has 0 saturated carbocycles. The Hall–Kier alpha value is -2.32. The summed E-state index contributed by atoms with van der Waals surface area (Å²) in [4.78, 5) is 29.1. The number of aromatic nitrogens is 2. The summed E-state index contributed by atoms with van der Waals surface area (Å²) in [7, 11) is 0. The number of carbonyl (C=O) groups excluding carboxylic acids is 1. The average molecular weight is 377 g/mol. The molecule has 1 amide bonds. The predicted octanol–water partition coefficient (Wildman–Crippen LogP) is 3.82. The fraction of sp³-hybridized carbons (Fsp3) is 0.235. The molecule has 0 aliphatic heterocycles. The first-order chi connectivity index (χ1) is 11.9. The van der Waals surface area contributed by atoms with Gasteiger partial charge in [0, 0.05) is 34.5 Å². The van der Waals surface area contributed by atoms with Crippen molar-refractivity contribution in [2.24, 2.45) is 0 Å². The van der Waals surface area contributed by atoms with E-state index in [1.54, 1.807) is 22.1 Å². The van der Waals surface area contributed by atoms with Crippen molar-refractivity contribution in [2.45, 2.75) is 26.8 Å². The van der Waals surface area contributed by atoms with E-state index in [0.717, 1.165) is 33.2 Å². The van der Waals surface area contributed by atoms with Crippen LogP contribution >= 0.6 is 22.7 Å². The van der Waals surface area contributed by atoms with Crippen LogP contribution in [-0.4, -0.2) is 15.5 Å². The Morgan fingerprint density at radius 3 is 2.64 bits per heavy atom. The van der Waals surface area contributed by atoms with Gasteiger partial charge in [-0.2, -0.15) is 0 Å². The Labute approximate surface area is 151 Å². The van der Waals surface area contributed by atoms with Crippen LogP contribution in [-0.2, 0) is 11.3 Å². The molecule has 0 saturated heterocycles. The SMILES string of the molecule is Cc1sc(NC(=O)CCn2c(C)csc2=O)nc1-c1ccc(F)cc1. The van der Waals surface area contributed by atoms with Crippen molar-refractivity contribution >= 4 is 33.7 Å². The maximum Gasteiger partial charge on any atom is 0.307 e. The zero-order chi connectivity index (χ0) is 18.0. The second kappa shape index (κ2) is 7.28. The van der Waals surface area contributed by atoms with Gasteiger partial charge in [-0.3, -0.25) is 9.59 Å². The number of benzene rings is 1. The molecule has 0 atom stereocenters. The number of amides is 1. The molecule has 8 heteroatoms. The van der Waals surface area contributed by atoms with Gasteiger partial charge in [-0.25, -0.2) is 9.37 Å². The van der Waals surface area contributed by atoms with Crippen LogP contribution in [0.15, 0.2) is 34.4 Å². The minimum Gasteiger partial charge on any atom is -0.303 e. The molecule has 5 nitrogen and oxygen atoms in total. The third kappa shape index (κ3) is 4.02. The van der Waals surface area contributed by atoms with Crippen LogP contribution in [0.4, 0.5) is 9.52 Å². The molecule has 2 aromatic heterocycles. The number of nitrogens with one attached hydrogen (secondary N) is 1. The van der Waals surface area contributed by atoms with Crippen LogP contribution in [0.25, 0.3) is 11.3 Å². The summed E-state index contributed by atoms with van der Waals surface area (Å²) in [6.45, 7) is 4.09. The summed E-state index contributed by atoms with van der Waals surface area (Å²) >= 11 is 2.50. The van der Waals surface area contributed by atoms with Gasteiger partial charge in [0.1, 0.15) is 5.82 Å². The first-order valence-corrected chi connectivity index (χ1v) is 9.32. The van der Waals surface area contributed by atoms with Crippen LogP contribution in [0.2, 0.25) is 0 Å². The summed E-state index contributed by atoms with van der Waals surface area (Å²) in [5, 5.41) is 5.04. The van der Waals surface area contributed by atoms with Gasteiger partial charge in [0.15, 0.2) is 5.13 Å². The van der Waals surface area contributed by atoms with E-state index >= 15 is 0 Å². The van der Waals surface area contributed by atoms with E-state index in [-0.39, 0.29) is 23.0 Å². The summed E-state index contributed by atoms with van der Waals surface area (Å²) in [6.07, 6.45) is 0.196. The molecule has 2 heterocycles. The number of aryl methyl sites for hydroxylation is 2. The van der Waals surface area contributed by atoms with Crippen molar-refractivity contribution in [2.75, 3.05) is 5.32 Å². The Kier molecular flexibility index (Phi) is 5.10. The maximum absolute atomic E-state index is 13.0. The van der Waals surface area contributed by atoms with Crippen LogP contribution in [0, 0.1) is 19.7 Å². The summed E-state index contributed by atoms with van der Waals surface area (Å²) < 4.78 is 14.6. The van der Waals surface area contributed by atoms with Crippen LogP contribution in [0.5, 0.6) is 0 Å². The van der Waals surface area contributed by atoms with Gasteiger partial charge < -0.3 is 9.88 Å². The van der Waals surface area contributed by atoms with E-state index < -0.39 is 0 Å². The first-order valence-electron chi connectivity index (χ1n) is 7.62. The lowest BCUT2D eigenvalue weighted by Gasteiger charge is -2.04. The molecule has 0 spiro atoms. The molecule has 3 rings (SSSR count). The normalized spacial score (nSPS) is 10.8. The number of rotatable bonds is 5. The highest BCUT2D eigenvalue weighted by Gasteiger charge is 2.13. The van der Waals surface area contributed by atoms with Crippen molar-refractivity contribution in [1.82, 2.24) is 9.55 Å². The van der Waals surface area contributed by atoms with E-state index in [9.17, 15) is 14.0 Å². The zero-order valence-electron chi connectivity index (χ0n) is 13.7. The molecule has 1 N–H and O–H groups in total. The Morgan fingerprint density at radius 2 is 2.00 bits per heavy atom. The molecule has 25 heavy (non-hydrogen) atoms. The van der Waals surface area contributed by atoms with Gasteiger partial charge in [-0.05, 0) is 38.1 Å². The highest BCUT2D eigenvalue weighted by atomic mass is 32.1. The number of thiazole rings is 2. The Bertz CT molecular complexity index is 957. The average Bonchev–Trinajstić information content (AvgIpc) is 3.09. The van der Waals surface area contributed by atoms with Crippen molar-refractivity contribution in [3.63, 3.8) is 0 Å². The molecule has 0 unspecified atom stereocenters. The summed E-state index contributed by atoms with van der Waals surface area (Å²) in [5.41, 5.74) is 2.38. The quantitative estimate of drug-likeness (QED) is 0.735. The van der Waals surface area contributed by atoms with Gasteiger partial charge in [0.2, 0.25) is 5.91 Å².